The Kier molecular flexibility index (Phi) is 4.46. The summed E-state index contributed by atoms with van der Waals surface area (Å²) in [6.07, 6.45) is 1.95. The number of ether oxygens (including phenoxy) is 1. The highest BCUT2D eigenvalue weighted by atomic mass is 16.5. The largest absolute Gasteiger partial charge is 0.475 e. The number of carbonyl (C=O) groups excluding carboxylic acids is 2. The van der Waals surface area contributed by atoms with Gasteiger partial charge in [-0.1, -0.05) is 30.3 Å². The molecule has 1 N–H and O–H groups in total. The maximum atomic E-state index is 12.6. The number of carbonyl (C=O) groups is 2. The van der Waals surface area contributed by atoms with E-state index in [9.17, 15) is 9.59 Å². The van der Waals surface area contributed by atoms with Gasteiger partial charge in [-0.25, -0.2) is 14.7 Å². The number of amides is 3. The van der Waals surface area contributed by atoms with E-state index in [0.29, 0.717) is 18.0 Å². The molecule has 2 aromatic rings. The standard InChI is InChI=1S/C18H19N3O3/c1-12(2)24-16-11-14(8-9-19-16)21-17(22)15(20-18(21)23)10-13-6-4-3-5-7-13/h3-9,11-12,15H,10H2,1-2H3,(H,20,23). The third-order valence-corrected chi connectivity index (χ3v) is 3.64. The minimum atomic E-state index is -0.567. The lowest BCUT2D eigenvalue weighted by Crippen LogP contribution is -2.32. The van der Waals surface area contributed by atoms with E-state index >= 15 is 0 Å². The molecule has 1 aliphatic rings. The first-order valence-electron chi connectivity index (χ1n) is 7.85. The second-order valence-corrected chi connectivity index (χ2v) is 5.88. The highest BCUT2D eigenvalue weighted by Crippen LogP contribution is 2.24. The Hall–Kier alpha value is -2.89. The molecule has 1 fully saturated rings. The first kappa shape index (κ1) is 16.0. The summed E-state index contributed by atoms with van der Waals surface area (Å²) in [4.78, 5) is 30.1. The molecule has 1 atom stereocenters. The molecule has 3 amide bonds. The lowest BCUT2D eigenvalue weighted by molar-refractivity contribution is -0.118. The van der Waals surface area contributed by atoms with Crippen molar-refractivity contribution in [2.75, 3.05) is 4.90 Å². The molecule has 6 nitrogen and oxygen atoms in total. The van der Waals surface area contributed by atoms with Crippen LogP contribution in [0.5, 0.6) is 5.88 Å². The molecular formula is C18H19N3O3. The Morgan fingerprint density at radius 3 is 2.67 bits per heavy atom. The molecule has 1 aliphatic heterocycles. The van der Waals surface area contributed by atoms with Crippen LogP contribution >= 0.6 is 0 Å². The summed E-state index contributed by atoms with van der Waals surface area (Å²) in [5, 5.41) is 2.74. The maximum absolute atomic E-state index is 12.6. The van der Waals surface area contributed by atoms with Crippen molar-refractivity contribution in [1.29, 1.82) is 0 Å². The van der Waals surface area contributed by atoms with Crippen molar-refractivity contribution in [3.8, 4) is 5.88 Å². The molecule has 0 saturated carbocycles. The second-order valence-electron chi connectivity index (χ2n) is 5.88. The number of pyridine rings is 1. The van der Waals surface area contributed by atoms with E-state index in [4.69, 9.17) is 4.74 Å². The first-order chi connectivity index (χ1) is 11.5. The van der Waals surface area contributed by atoms with Crippen molar-refractivity contribution >= 4 is 17.6 Å². The Bertz CT molecular complexity index is 746. The fraction of sp³-hybridized carbons (Fsp3) is 0.278. The molecule has 0 bridgehead atoms. The van der Waals surface area contributed by atoms with E-state index in [1.165, 1.54) is 6.20 Å². The second kappa shape index (κ2) is 6.70. The summed E-state index contributed by atoms with van der Waals surface area (Å²) in [6.45, 7) is 3.77. The van der Waals surface area contributed by atoms with Gasteiger partial charge < -0.3 is 10.1 Å². The van der Waals surface area contributed by atoms with Crippen LogP contribution < -0.4 is 15.0 Å². The first-order valence-corrected chi connectivity index (χ1v) is 7.85. The highest BCUT2D eigenvalue weighted by molar-refractivity contribution is 6.21. The molecular weight excluding hydrogens is 306 g/mol. The monoisotopic (exact) mass is 325 g/mol. The number of anilines is 1. The number of rotatable bonds is 5. The molecule has 3 rings (SSSR count). The normalized spacial score (nSPS) is 17.3. The van der Waals surface area contributed by atoms with Crippen molar-refractivity contribution in [2.45, 2.75) is 32.4 Å². The van der Waals surface area contributed by atoms with Crippen LogP contribution in [-0.2, 0) is 11.2 Å². The van der Waals surface area contributed by atoms with Crippen LogP contribution in [0.25, 0.3) is 0 Å². The van der Waals surface area contributed by atoms with Crippen molar-refractivity contribution < 1.29 is 14.3 Å². The van der Waals surface area contributed by atoms with E-state index in [2.05, 4.69) is 10.3 Å². The zero-order valence-corrected chi connectivity index (χ0v) is 13.6. The summed E-state index contributed by atoms with van der Waals surface area (Å²) in [7, 11) is 0. The van der Waals surface area contributed by atoms with Gasteiger partial charge in [0.2, 0.25) is 5.88 Å². The molecule has 2 heterocycles. The van der Waals surface area contributed by atoms with Crippen molar-refractivity contribution in [3.63, 3.8) is 0 Å². The van der Waals surface area contributed by atoms with Crippen LogP contribution in [0.3, 0.4) is 0 Å². The van der Waals surface area contributed by atoms with Crippen molar-refractivity contribution in [3.05, 3.63) is 54.2 Å². The van der Waals surface area contributed by atoms with Crippen LogP contribution in [0.2, 0.25) is 0 Å². The maximum Gasteiger partial charge on any atom is 0.329 e. The fourth-order valence-corrected chi connectivity index (χ4v) is 2.61. The fourth-order valence-electron chi connectivity index (χ4n) is 2.61. The lowest BCUT2D eigenvalue weighted by Gasteiger charge is -2.15. The van der Waals surface area contributed by atoms with Gasteiger partial charge >= 0.3 is 6.03 Å². The number of hydrogen-bond donors (Lipinski definition) is 1. The molecule has 24 heavy (non-hydrogen) atoms. The summed E-state index contributed by atoms with van der Waals surface area (Å²) in [6, 6.07) is 11.8. The van der Waals surface area contributed by atoms with E-state index < -0.39 is 12.1 Å². The van der Waals surface area contributed by atoms with Gasteiger partial charge in [0.05, 0.1) is 11.8 Å². The van der Waals surface area contributed by atoms with Crippen LogP contribution in [0, 0.1) is 0 Å². The summed E-state index contributed by atoms with van der Waals surface area (Å²) in [5.41, 5.74) is 1.45. The van der Waals surface area contributed by atoms with E-state index in [1.54, 1.807) is 12.1 Å². The zero-order valence-electron chi connectivity index (χ0n) is 13.6. The molecule has 1 unspecified atom stereocenters. The van der Waals surface area contributed by atoms with E-state index in [1.807, 2.05) is 44.2 Å². The summed E-state index contributed by atoms with van der Waals surface area (Å²) < 4.78 is 5.53. The number of urea groups is 1. The topological polar surface area (TPSA) is 71.5 Å². The van der Waals surface area contributed by atoms with Crippen molar-refractivity contribution in [2.24, 2.45) is 0 Å². The molecule has 6 heteroatoms. The number of nitrogens with zero attached hydrogens (tertiary/aromatic N) is 2. The van der Waals surface area contributed by atoms with Gasteiger partial charge in [-0.2, -0.15) is 0 Å². The third-order valence-electron chi connectivity index (χ3n) is 3.64. The highest BCUT2D eigenvalue weighted by Gasteiger charge is 2.39. The van der Waals surface area contributed by atoms with Crippen LogP contribution in [-0.4, -0.2) is 29.1 Å². The van der Waals surface area contributed by atoms with Crippen LogP contribution in [0.4, 0.5) is 10.5 Å². The molecule has 1 aromatic carbocycles. The number of benzene rings is 1. The predicted molar refractivity (Wildman–Crippen MR) is 90.0 cm³/mol. The molecule has 0 spiro atoms. The summed E-state index contributed by atoms with van der Waals surface area (Å²) in [5.74, 6) is 0.111. The number of imide groups is 1. The summed E-state index contributed by atoms with van der Waals surface area (Å²) >= 11 is 0. The molecule has 1 saturated heterocycles. The van der Waals surface area contributed by atoms with Gasteiger partial charge in [0.25, 0.3) is 5.91 Å². The predicted octanol–water partition coefficient (Wildman–Crippen LogP) is 2.54. The van der Waals surface area contributed by atoms with Crippen molar-refractivity contribution in [1.82, 2.24) is 10.3 Å². The molecule has 0 aliphatic carbocycles. The number of aromatic nitrogens is 1. The quantitative estimate of drug-likeness (QED) is 0.858. The van der Waals surface area contributed by atoms with Gasteiger partial charge in [0.1, 0.15) is 6.04 Å². The Balaban J connectivity index is 1.79. The van der Waals surface area contributed by atoms with Gasteiger partial charge in [-0.15, -0.1) is 0 Å². The molecule has 0 radical (unpaired) electrons. The van der Waals surface area contributed by atoms with E-state index in [-0.39, 0.29) is 12.0 Å². The molecule has 1 aromatic heterocycles. The Morgan fingerprint density at radius 2 is 1.96 bits per heavy atom. The Morgan fingerprint density at radius 1 is 1.21 bits per heavy atom. The minimum Gasteiger partial charge on any atom is -0.475 e. The smallest absolute Gasteiger partial charge is 0.329 e. The van der Waals surface area contributed by atoms with E-state index in [0.717, 1.165) is 10.5 Å². The third kappa shape index (κ3) is 3.37. The van der Waals surface area contributed by atoms with Crippen LogP contribution in [0.15, 0.2) is 48.7 Å². The zero-order chi connectivity index (χ0) is 17.1. The lowest BCUT2D eigenvalue weighted by atomic mass is 10.1. The minimum absolute atomic E-state index is 0.0401. The van der Waals surface area contributed by atoms with Gasteiger partial charge in [0.15, 0.2) is 0 Å². The SMILES string of the molecule is CC(C)Oc1cc(N2C(=O)NC(Cc3ccccc3)C2=O)ccn1. The van der Waals surface area contributed by atoms with Gasteiger partial charge in [-0.05, 0) is 25.5 Å². The molecule has 124 valence electrons. The van der Waals surface area contributed by atoms with Gasteiger partial charge in [-0.3, -0.25) is 4.79 Å². The van der Waals surface area contributed by atoms with Crippen LogP contribution in [0.1, 0.15) is 19.4 Å². The number of nitrogens with one attached hydrogen (secondary N) is 1. The number of hydrogen-bond acceptors (Lipinski definition) is 4. The Labute approximate surface area is 140 Å². The average molecular weight is 325 g/mol. The average Bonchev–Trinajstić information content (AvgIpc) is 2.82. The van der Waals surface area contributed by atoms with Gasteiger partial charge in [0, 0.05) is 18.7 Å².